The van der Waals surface area contributed by atoms with Crippen molar-refractivity contribution in [2.75, 3.05) is 7.05 Å². The van der Waals surface area contributed by atoms with Gasteiger partial charge < -0.3 is 5.73 Å². The SMILES string of the molecule is CN=CC(Br)=C(N)c1cccnc1C. The number of aryl methyl sites for hydroxylation is 1. The van der Waals surface area contributed by atoms with Gasteiger partial charge in [0.2, 0.25) is 0 Å². The summed E-state index contributed by atoms with van der Waals surface area (Å²) in [6, 6.07) is 3.79. The highest BCUT2D eigenvalue weighted by molar-refractivity contribution is 9.12. The summed E-state index contributed by atoms with van der Waals surface area (Å²) >= 11 is 3.35. The maximum absolute atomic E-state index is 5.93. The highest BCUT2D eigenvalue weighted by atomic mass is 79.9. The van der Waals surface area contributed by atoms with E-state index in [9.17, 15) is 0 Å². The number of aliphatic imine (C=N–C) groups is 1. The first kappa shape index (κ1) is 10.9. The molecule has 0 aromatic carbocycles. The Morgan fingerprint density at radius 2 is 2.36 bits per heavy atom. The molecule has 1 aromatic rings. The Hall–Kier alpha value is -1.16. The normalized spacial score (nSPS) is 13.1. The van der Waals surface area contributed by atoms with Crippen LogP contribution < -0.4 is 5.73 Å². The van der Waals surface area contributed by atoms with Crippen LogP contribution in [0.25, 0.3) is 5.70 Å². The molecule has 0 unspecified atom stereocenters. The van der Waals surface area contributed by atoms with Gasteiger partial charge >= 0.3 is 0 Å². The quantitative estimate of drug-likeness (QED) is 0.822. The van der Waals surface area contributed by atoms with Gasteiger partial charge in [-0.3, -0.25) is 9.98 Å². The molecule has 74 valence electrons. The molecule has 14 heavy (non-hydrogen) atoms. The van der Waals surface area contributed by atoms with E-state index in [1.807, 2.05) is 19.1 Å². The maximum atomic E-state index is 5.93. The number of nitrogens with two attached hydrogens (primary N) is 1. The molecule has 0 aliphatic rings. The van der Waals surface area contributed by atoms with Gasteiger partial charge in [-0.05, 0) is 35.0 Å². The van der Waals surface area contributed by atoms with Crippen LogP contribution >= 0.6 is 15.9 Å². The third kappa shape index (κ3) is 2.42. The van der Waals surface area contributed by atoms with Crippen molar-refractivity contribution in [3.05, 3.63) is 34.1 Å². The van der Waals surface area contributed by atoms with Gasteiger partial charge in [-0.2, -0.15) is 0 Å². The van der Waals surface area contributed by atoms with E-state index < -0.39 is 0 Å². The first-order valence-corrected chi connectivity index (χ1v) is 4.95. The average molecular weight is 254 g/mol. The molecule has 2 N–H and O–H groups in total. The molecule has 0 fully saturated rings. The van der Waals surface area contributed by atoms with Crippen LogP contribution in [0.2, 0.25) is 0 Å². The zero-order chi connectivity index (χ0) is 10.6. The van der Waals surface area contributed by atoms with E-state index in [4.69, 9.17) is 5.73 Å². The summed E-state index contributed by atoms with van der Waals surface area (Å²) < 4.78 is 0.774. The molecule has 0 saturated heterocycles. The van der Waals surface area contributed by atoms with Crippen LogP contribution in [-0.2, 0) is 0 Å². The molecule has 4 heteroatoms. The van der Waals surface area contributed by atoms with Gasteiger partial charge in [0.05, 0.1) is 10.2 Å². The Morgan fingerprint density at radius 3 is 2.93 bits per heavy atom. The van der Waals surface area contributed by atoms with Crippen LogP contribution in [-0.4, -0.2) is 18.2 Å². The molecular formula is C10H12BrN3. The number of hydrogen-bond donors (Lipinski definition) is 1. The Labute approximate surface area is 91.9 Å². The number of halogens is 1. The van der Waals surface area contributed by atoms with Gasteiger partial charge in [-0.15, -0.1) is 0 Å². The molecule has 0 saturated carbocycles. The fraction of sp³-hybridized carbons (Fsp3) is 0.200. The van der Waals surface area contributed by atoms with Crippen molar-refractivity contribution in [1.29, 1.82) is 0 Å². The number of allylic oxidation sites excluding steroid dienone is 1. The van der Waals surface area contributed by atoms with E-state index in [0.717, 1.165) is 15.7 Å². The molecule has 1 aromatic heterocycles. The smallest absolute Gasteiger partial charge is 0.0589 e. The van der Waals surface area contributed by atoms with Crippen LogP contribution in [0, 0.1) is 6.92 Å². The summed E-state index contributed by atoms with van der Waals surface area (Å²) in [5.41, 5.74) is 8.42. The molecule has 0 bridgehead atoms. The summed E-state index contributed by atoms with van der Waals surface area (Å²) in [5.74, 6) is 0. The molecule has 1 heterocycles. The van der Waals surface area contributed by atoms with Crippen molar-refractivity contribution in [3.8, 4) is 0 Å². The standard InChI is InChI=1S/C10H12BrN3/c1-7-8(4-3-5-14-7)10(12)9(11)6-13-2/h3-6H,12H2,1-2H3. The summed E-state index contributed by atoms with van der Waals surface area (Å²) in [5, 5.41) is 0. The Morgan fingerprint density at radius 1 is 1.64 bits per heavy atom. The van der Waals surface area contributed by atoms with Gasteiger partial charge in [-0.1, -0.05) is 0 Å². The summed E-state index contributed by atoms with van der Waals surface area (Å²) in [6.07, 6.45) is 3.41. The van der Waals surface area contributed by atoms with Gasteiger partial charge in [0.15, 0.2) is 0 Å². The predicted octanol–water partition coefficient (Wildman–Crippen LogP) is 2.11. The lowest BCUT2D eigenvalue weighted by molar-refractivity contribution is 1.18. The second-order valence-electron chi connectivity index (χ2n) is 2.79. The minimum absolute atomic E-state index is 0.654. The second-order valence-corrected chi connectivity index (χ2v) is 3.64. The first-order chi connectivity index (χ1) is 6.66. The van der Waals surface area contributed by atoms with E-state index in [-0.39, 0.29) is 0 Å². The highest BCUT2D eigenvalue weighted by Crippen LogP contribution is 2.18. The zero-order valence-electron chi connectivity index (χ0n) is 8.16. The Kier molecular flexibility index (Phi) is 3.83. The lowest BCUT2D eigenvalue weighted by Gasteiger charge is -2.05. The molecule has 0 aliphatic heterocycles. The molecule has 3 nitrogen and oxygen atoms in total. The Balaban J connectivity index is 3.18. The third-order valence-electron chi connectivity index (χ3n) is 1.80. The molecule has 0 aliphatic carbocycles. The monoisotopic (exact) mass is 253 g/mol. The minimum atomic E-state index is 0.654. The number of pyridine rings is 1. The Bertz CT molecular complexity index is 383. The lowest BCUT2D eigenvalue weighted by Crippen LogP contribution is -2.02. The minimum Gasteiger partial charge on any atom is -0.397 e. The predicted molar refractivity (Wildman–Crippen MR) is 63.4 cm³/mol. The topological polar surface area (TPSA) is 51.3 Å². The first-order valence-electron chi connectivity index (χ1n) is 4.16. The highest BCUT2D eigenvalue weighted by Gasteiger charge is 2.04. The van der Waals surface area contributed by atoms with Crippen LogP contribution in [0.15, 0.2) is 27.8 Å². The third-order valence-corrected chi connectivity index (χ3v) is 2.43. The van der Waals surface area contributed by atoms with Crippen molar-refractivity contribution in [1.82, 2.24) is 4.98 Å². The molecule has 0 radical (unpaired) electrons. The zero-order valence-corrected chi connectivity index (χ0v) is 9.75. The summed E-state index contributed by atoms with van der Waals surface area (Å²) in [6.45, 7) is 1.92. The van der Waals surface area contributed by atoms with Crippen molar-refractivity contribution in [2.24, 2.45) is 10.7 Å². The van der Waals surface area contributed by atoms with Crippen molar-refractivity contribution in [3.63, 3.8) is 0 Å². The maximum Gasteiger partial charge on any atom is 0.0589 e. The van der Waals surface area contributed by atoms with Crippen molar-refractivity contribution in [2.45, 2.75) is 6.92 Å². The van der Waals surface area contributed by atoms with Crippen LogP contribution in [0.5, 0.6) is 0 Å². The molecule has 0 amide bonds. The molecule has 1 rings (SSSR count). The van der Waals surface area contributed by atoms with Crippen LogP contribution in [0.1, 0.15) is 11.3 Å². The average Bonchev–Trinajstić information content (AvgIpc) is 2.18. The van der Waals surface area contributed by atoms with E-state index in [1.165, 1.54) is 0 Å². The van der Waals surface area contributed by atoms with Crippen LogP contribution in [0.4, 0.5) is 0 Å². The van der Waals surface area contributed by atoms with Gasteiger partial charge in [0.25, 0.3) is 0 Å². The fourth-order valence-corrected chi connectivity index (χ4v) is 1.50. The van der Waals surface area contributed by atoms with Crippen LogP contribution in [0.3, 0.4) is 0 Å². The van der Waals surface area contributed by atoms with E-state index in [2.05, 4.69) is 25.9 Å². The number of nitrogens with zero attached hydrogens (tertiary/aromatic N) is 2. The van der Waals surface area contributed by atoms with E-state index in [0.29, 0.717) is 5.70 Å². The van der Waals surface area contributed by atoms with E-state index in [1.54, 1.807) is 19.5 Å². The number of rotatable bonds is 2. The fourth-order valence-electron chi connectivity index (χ4n) is 1.08. The number of aromatic nitrogens is 1. The molecule has 0 atom stereocenters. The van der Waals surface area contributed by atoms with Gasteiger partial charge in [-0.25, -0.2) is 0 Å². The largest absolute Gasteiger partial charge is 0.397 e. The van der Waals surface area contributed by atoms with Gasteiger partial charge in [0, 0.05) is 30.7 Å². The van der Waals surface area contributed by atoms with Gasteiger partial charge in [0.1, 0.15) is 0 Å². The van der Waals surface area contributed by atoms with E-state index >= 15 is 0 Å². The van der Waals surface area contributed by atoms with Crippen molar-refractivity contribution < 1.29 is 0 Å². The summed E-state index contributed by atoms with van der Waals surface area (Å²) in [7, 11) is 1.70. The molecule has 0 spiro atoms. The number of hydrogen-bond acceptors (Lipinski definition) is 3. The second kappa shape index (κ2) is 4.91. The summed E-state index contributed by atoms with van der Waals surface area (Å²) in [4.78, 5) is 8.04. The molecular weight excluding hydrogens is 242 g/mol. The van der Waals surface area contributed by atoms with Crippen molar-refractivity contribution >= 4 is 27.8 Å². The lowest BCUT2D eigenvalue weighted by atomic mass is 10.1.